The van der Waals surface area contributed by atoms with Gasteiger partial charge in [-0.3, -0.25) is 0 Å². The standard InChI is InChI=1S/C17H20BrNO2/c1-13(19)12-14-6-5-9-16(18)17(14)21-11-10-20-15-7-3-2-4-8-15/h2-9,13H,10-12,19H2,1H3. The maximum Gasteiger partial charge on any atom is 0.136 e. The fourth-order valence-electron chi connectivity index (χ4n) is 2.04. The largest absolute Gasteiger partial charge is 0.490 e. The van der Waals surface area contributed by atoms with Gasteiger partial charge in [-0.2, -0.15) is 0 Å². The van der Waals surface area contributed by atoms with E-state index in [0.29, 0.717) is 13.2 Å². The average molecular weight is 350 g/mol. The van der Waals surface area contributed by atoms with E-state index < -0.39 is 0 Å². The lowest BCUT2D eigenvalue weighted by Crippen LogP contribution is -2.19. The van der Waals surface area contributed by atoms with Crippen LogP contribution in [0.15, 0.2) is 53.0 Å². The van der Waals surface area contributed by atoms with Crippen LogP contribution in [0.3, 0.4) is 0 Å². The summed E-state index contributed by atoms with van der Waals surface area (Å²) in [6, 6.07) is 15.8. The average Bonchev–Trinajstić information content (AvgIpc) is 2.46. The highest BCUT2D eigenvalue weighted by atomic mass is 79.9. The molecule has 1 atom stereocenters. The van der Waals surface area contributed by atoms with Crippen LogP contribution >= 0.6 is 15.9 Å². The van der Waals surface area contributed by atoms with Crippen molar-refractivity contribution in [1.29, 1.82) is 0 Å². The summed E-state index contributed by atoms with van der Waals surface area (Å²) in [5.74, 6) is 1.70. The zero-order valence-electron chi connectivity index (χ0n) is 12.1. The normalized spacial score (nSPS) is 12.0. The van der Waals surface area contributed by atoms with Gasteiger partial charge in [-0.1, -0.05) is 30.3 Å². The SMILES string of the molecule is CC(N)Cc1cccc(Br)c1OCCOc1ccccc1. The molecule has 3 nitrogen and oxygen atoms in total. The van der Waals surface area contributed by atoms with E-state index in [1.54, 1.807) is 0 Å². The van der Waals surface area contributed by atoms with E-state index in [1.165, 1.54) is 0 Å². The molecule has 2 aromatic carbocycles. The summed E-state index contributed by atoms with van der Waals surface area (Å²) in [6.45, 7) is 2.98. The van der Waals surface area contributed by atoms with Gasteiger partial charge in [0.15, 0.2) is 0 Å². The van der Waals surface area contributed by atoms with Crippen molar-refractivity contribution in [2.45, 2.75) is 19.4 Å². The third-order valence-electron chi connectivity index (χ3n) is 2.93. The lowest BCUT2D eigenvalue weighted by atomic mass is 10.1. The first kappa shape index (κ1) is 15.9. The van der Waals surface area contributed by atoms with Crippen molar-refractivity contribution in [3.05, 3.63) is 58.6 Å². The van der Waals surface area contributed by atoms with Crippen LogP contribution in [0.25, 0.3) is 0 Å². The van der Waals surface area contributed by atoms with Crippen LogP contribution in [0.5, 0.6) is 11.5 Å². The molecule has 0 heterocycles. The first-order valence-electron chi connectivity index (χ1n) is 7.00. The maximum atomic E-state index is 5.88. The highest BCUT2D eigenvalue weighted by Crippen LogP contribution is 2.29. The van der Waals surface area contributed by atoms with Crippen molar-refractivity contribution in [1.82, 2.24) is 0 Å². The summed E-state index contributed by atoms with van der Waals surface area (Å²) in [4.78, 5) is 0. The number of benzene rings is 2. The Bertz CT molecular complexity index is 558. The molecule has 0 radical (unpaired) electrons. The predicted molar refractivity (Wildman–Crippen MR) is 88.9 cm³/mol. The Morgan fingerprint density at radius 1 is 1.00 bits per heavy atom. The number of para-hydroxylation sites is 2. The van der Waals surface area contributed by atoms with Crippen LogP contribution in [-0.4, -0.2) is 19.3 Å². The summed E-state index contributed by atoms with van der Waals surface area (Å²) in [5.41, 5.74) is 6.99. The fourth-order valence-corrected chi connectivity index (χ4v) is 2.56. The van der Waals surface area contributed by atoms with Gasteiger partial charge >= 0.3 is 0 Å². The van der Waals surface area contributed by atoms with Gasteiger partial charge in [-0.15, -0.1) is 0 Å². The summed E-state index contributed by atoms with van der Waals surface area (Å²) in [7, 11) is 0. The fraction of sp³-hybridized carbons (Fsp3) is 0.294. The molecule has 0 aliphatic rings. The zero-order valence-corrected chi connectivity index (χ0v) is 13.7. The number of hydrogen-bond acceptors (Lipinski definition) is 3. The van der Waals surface area contributed by atoms with E-state index in [4.69, 9.17) is 15.2 Å². The Hall–Kier alpha value is -1.52. The van der Waals surface area contributed by atoms with E-state index in [1.807, 2.05) is 55.5 Å². The van der Waals surface area contributed by atoms with Gasteiger partial charge in [0.05, 0.1) is 4.47 Å². The van der Waals surface area contributed by atoms with Crippen LogP contribution in [0.4, 0.5) is 0 Å². The smallest absolute Gasteiger partial charge is 0.136 e. The molecule has 112 valence electrons. The molecular formula is C17H20BrNO2. The number of halogens is 1. The van der Waals surface area contributed by atoms with Gasteiger partial charge < -0.3 is 15.2 Å². The van der Waals surface area contributed by atoms with Gasteiger partial charge in [-0.05, 0) is 53.0 Å². The first-order valence-corrected chi connectivity index (χ1v) is 7.79. The van der Waals surface area contributed by atoms with E-state index in [9.17, 15) is 0 Å². The van der Waals surface area contributed by atoms with Gasteiger partial charge in [-0.25, -0.2) is 0 Å². The molecule has 0 aliphatic carbocycles. The minimum atomic E-state index is 0.0993. The van der Waals surface area contributed by atoms with E-state index in [0.717, 1.165) is 28.0 Å². The molecule has 21 heavy (non-hydrogen) atoms. The third-order valence-corrected chi connectivity index (χ3v) is 3.56. The Labute approximate surface area is 134 Å². The molecule has 0 spiro atoms. The molecule has 0 bridgehead atoms. The molecule has 0 saturated carbocycles. The molecule has 1 unspecified atom stereocenters. The van der Waals surface area contributed by atoms with Crippen molar-refractivity contribution in [3.63, 3.8) is 0 Å². The second-order valence-corrected chi connectivity index (χ2v) is 5.77. The number of nitrogens with two attached hydrogens (primary N) is 1. The summed E-state index contributed by atoms with van der Waals surface area (Å²) in [6.07, 6.45) is 0.786. The van der Waals surface area contributed by atoms with Crippen LogP contribution in [0.1, 0.15) is 12.5 Å². The molecule has 2 aromatic rings. The molecule has 0 aliphatic heterocycles. The predicted octanol–water partition coefficient (Wildman–Crippen LogP) is 3.80. The van der Waals surface area contributed by atoms with E-state index >= 15 is 0 Å². The topological polar surface area (TPSA) is 44.5 Å². The second kappa shape index (κ2) is 8.05. The number of rotatable bonds is 7. The molecule has 0 aromatic heterocycles. The Morgan fingerprint density at radius 2 is 1.71 bits per heavy atom. The van der Waals surface area contributed by atoms with Crippen LogP contribution in [0.2, 0.25) is 0 Å². The highest BCUT2D eigenvalue weighted by molar-refractivity contribution is 9.10. The monoisotopic (exact) mass is 349 g/mol. The van der Waals surface area contributed by atoms with Crippen LogP contribution < -0.4 is 15.2 Å². The minimum Gasteiger partial charge on any atom is -0.490 e. The second-order valence-electron chi connectivity index (χ2n) is 4.92. The van der Waals surface area contributed by atoms with Crippen molar-refractivity contribution in [2.24, 2.45) is 5.73 Å². The van der Waals surface area contributed by atoms with E-state index in [2.05, 4.69) is 15.9 Å². The quantitative estimate of drug-likeness (QED) is 0.773. The van der Waals surface area contributed by atoms with E-state index in [-0.39, 0.29) is 6.04 Å². The Morgan fingerprint density at radius 3 is 2.43 bits per heavy atom. The lowest BCUT2D eigenvalue weighted by Gasteiger charge is -2.15. The Balaban J connectivity index is 1.90. The minimum absolute atomic E-state index is 0.0993. The highest BCUT2D eigenvalue weighted by Gasteiger charge is 2.09. The van der Waals surface area contributed by atoms with Crippen molar-refractivity contribution in [3.8, 4) is 11.5 Å². The van der Waals surface area contributed by atoms with Crippen molar-refractivity contribution < 1.29 is 9.47 Å². The maximum absolute atomic E-state index is 5.88. The van der Waals surface area contributed by atoms with Gasteiger partial charge in [0.25, 0.3) is 0 Å². The van der Waals surface area contributed by atoms with Gasteiger partial charge in [0.2, 0.25) is 0 Å². The van der Waals surface area contributed by atoms with Crippen molar-refractivity contribution in [2.75, 3.05) is 13.2 Å². The molecule has 0 amide bonds. The third kappa shape index (κ3) is 5.06. The van der Waals surface area contributed by atoms with Crippen LogP contribution in [0, 0.1) is 0 Å². The summed E-state index contributed by atoms with van der Waals surface area (Å²) in [5, 5.41) is 0. The molecular weight excluding hydrogens is 330 g/mol. The zero-order chi connectivity index (χ0) is 15.1. The van der Waals surface area contributed by atoms with Gasteiger partial charge in [0, 0.05) is 6.04 Å². The van der Waals surface area contributed by atoms with Crippen LogP contribution in [-0.2, 0) is 6.42 Å². The molecule has 2 N–H and O–H groups in total. The molecule has 0 fully saturated rings. The molecule has 2 rings (SSSR count). The Kier molecular flexibility index (Phi) is 6.08. The lowest BCUT2D eigenvalue weighted by molar-refractivity contribution is 0.215. The number of hydrogen-bond donors (Lipinski definition) is 1. The van der Waals surface area contributed by atoms with Gasteiger partial charge in [0.1, 0.15) is 24.7 Å². The van der Waals surface area contributed by atoms with Crippen molar-refractivity contribution >= 4 is 15.9 Å². The molecule has 4 heteroatoms. The summed E-state index contributed by atoms with van der Waals surface area (Å²) < 4.78 is 12.4. The number of ether oxygens (including phenoxy) is 2. The summed E-state index contributed by atoms with van der Waals surface area (Å²) >= 11 is 3.53. The first-order chi connectivity index (χ1) is 10.2. The molecule has 0 saturated heterocycles.